The van der Waals surface area contributed by atoms with Gasteiger partial charge < -0.3 is 0 Å². The van der Waals surface area contributed by atoms with Crippen LogP contribution < -0.4 is 11.7 Å². The van der Waals surface area contributed by atoms with Gasteiger partial charge in [-0.05, 0) is 0 Å². The Kier molecular flexibility index (Phi) is 2.73. The summed E-state index contributed by atoms with van der Waals surface area (Å²) in [5.41, 5.74) is 6.13. The van der Waals surface area contributed by atoms with Gasteiger partial charge in [0, 0.05) is 0 Å². The van der Waals surface area contributed by atoms with Crippen LogP contribution in [0.3, 0.4) is 0 Å². The summed E-state index contributed by atoms with van der Waals surface area (Å²) >= 11 is 0. The predicted octanol–water partition coefficient (Wildman–Crippen LogP) is -0.990. The van der Waals surface area contributed by atoms with E-state index in [4.69, 9.17) is 17.2 Å². The van der Waals surface area contributed by atoms with E-state index in [1.807, 2.05) is 0 Å². The number of nitrogens with zero attached hydrogens (tertiary/aromatic N) is 3. The van der Waals surface area contributed by atoms with Crippen molar-refractivity contribution in [2.75, 3.05) is 0 Å². The molecule has 6 heteroatoms. The average Bonchev–Trinajstić information content (AvgIpc) is 1.61. The highest BCUT2D eigenvalue weighted by Gasteiger charge is 1.69. The lowest BCUT2D eigenvalue weighted by Gasteiger charge is -1.97. The molecule has 0 saturated heterocycles. The van der Waals surface area contributed by atoms with Crippen LogP contribution in [-0.2, 0) is 0 Å². The number of hydrogen-bond donors (Lipinski definition) is 3. The quantitative estimate of drug-likeness (QED) is 0.137. The number of hydrazone groups is 1. The van der Waals surface area contributed by atoms with Gasteiger partial charge in [-0.3, -0.25) is 0 Å². The first-order valence-corrected chi connectivity index (χ1v) is 1.46. The molecule has 0 aromatic carbocycles. The molecule has 0 saturated carbocycles. The molecule has 0 atom stereocenters. The molecule has 0 aromatic heterocycles. The third-order valence-corrected chi connectivity index (χ3v) is 0.243. The Morgan fingerprint density at radius 3 is 2.29 bits per heavy atom. The van der Waals surface area contributed by atoms with Gasteiger partial charge >= 0.3 is 0 Å². The topological polar surface area (TPSA) is 104 Å². The van der Waals surface area contributed by atoms with E-state index in [9.17, 15) is 0 Å². The smallest absolute Gasteiger partial charge is 0.160 e. The molecule has 0 fully saturated rings. The summed E-state index contributed by atoms with van der Waals surface area (Å²) in [4.78, 5) is 0. The molecule has 40 valence electrons. The molecular formula is CH6N6. The molecule has 0 spiro atoms. The molecule has 0 aliphatic carbocycles. The monoisotopic (exact) mass is 102 g/mol. The van der Waals surface area contributed by atoms with E-state index in [0.29, 0.717) is 5.23 Å². The van der Waals surface area contributed by atoms with Crippen molar-refractivity contribution in [1.29, 1.82) is 5.53 Å². The molecule has 7 heavy (non-hydrogen) atoms. The first-order valence-electron chi connectivity index (χ1n) is 1.46. The van der Waals surface area contributed by atoms with Crippen LogP contribution in [0.25, 0.3) is 0 Å². The fourth-order valence-electron chi connectivity index (χ4n) is 0.0854. The van der Waals surface area contributed by atoms with Crippen molar-refractivity contribution < 1.29 is 0 Å². The third-order valence-electron chi connectivity index (χ3n) is 0.243. The summed E-state index contributed by atoms with van der Waals surface area (Å²) in [6.07, 6.45) is 0.917. The molecule has 0 amide bonds. The van der Waals surface area contributed by atoms with E-state index in [-0.39, 0.29) is 0 Å². The van der Waals surface area contributed by atoms with Crippen LogP contribution in [0.5, 0.6) is 0 Å². The summed E-state index contributed by atoms with van der Waals surface area (Å²) < 4.78 is 0. The fourth-order valence-corrected chi connectivity index (χ4v) is 0.0854. The van der Waals surface area contributed by atoms with E-state index in [0.717, 1.165) is 6.34 Å². The van der Waals surface area contributed by atoms with Gasteiger partial charge in [0.15, 0.2) is 6.34 Å². The van der Waals surface area contributed by atoms with Crippen molar-refractivity contribution in [1.82, 2.24) is 5.23 Å². The Morgan fingerprint density at radius 2 is 2.14 bits per heavy atom. The predicted molar refractivity (Wildman–Crippen MR) is 23.9 cm³/mol. The molecule has 0 radical (unpaired) electrons. The minimum atomic E-state index is 0.567. The first kappa shape index (κ1) is 5.99. The highest BCUT2D eigenvalue weighted by atomic mass is 15.8. The number of nitrogens with one attached hydrogen (secondary N) is 1. The number of hydrogen-bond acceptors (Lipinski definition) is 5. The molecule has 0 rings (SSSR count). The zero-order valence-corrected chi connectivity index (χ0v) is 3.57. The van der Waals surface area contributed by atoms with Gasteiger partial charge in [-0.25, -0.2) is 17.2 Å². The molecule has 0 heterocycles. The highest BCUT2D eigenvalue weighted by molar-refractivity contribution is 5.53. The molecule has 0 aliphatic rings. The van der Waals surface area contributed by atoms with Crippen LogP contribution in [0.2, 0.25) is 0 Å². The van der Waals surface area contributed by atoms with Crippen LogP contribution in [-0.4, -0.2) is 11.6 Å². The molecule has 0 bridgehead atoms. The van der Waals surface area contributed by atoms with Crippen molar-refractivity contribution in [3.63, 3.8) is 0 Å². The number of hydrazine groups is 2. The van der Waals surface area contributed by atoms with Crippen LogP contribution in [0.1, 0.15) is 0 Å². The number of rotatable bonds is 2. The Morgan fingerprint density at radius 1 is 1.57 bits per heavy atom. The van der Waals surface area contributed by atoms with Crippen molar-refractivity contribution in [2.24, 2.45) is 21.9 Å². The zero-order valence-electron chi connectivity index (χ0n) is 3.57. The molecule has 0 unspecified atom stereocenters. The van der Waals surface area contributed by atoms with E-state index in [1.165, 1.54) is 0 Å². The Labute approximate surface area is 40.2 Å². The van der Waals surface area contributed by atoms with E-state index in [2.05, 4.69) is 10.2 Å². The molecule has 0 aliphatic heterocycles. The van der Waals surface area contributed by atoms with Crippen molar-refractivity contribution >= 4 is 6.34 Å². The van der Waals surface area contributed by atoms with Gasteiger partial charge in [0.1, 0.15) is 0 Å². The van der Waals surface area contributed by atoms with Crippen LogP contribution in [0.4, 0.5) is 0 Å². The summed E-state index contributed by atoms with van der Waals surface area (Å²) in [5, 5.41) is 6.45. The van der Waals surface area contributed by atoms with Crippen molar-refractivity contribution in [2.45, 2.75) is 0 Å². The standard InChI is InChI=1S/CH6N6/c2-5-1-6-7(3)4/h1-2H,3-4H2. The Bertz CT molecular complexity index is 72.2. The fraction of sp³-hybridized carbons (Fsp3) is 0. The average molecular weight is 102 g/mol. The van der Waals surface area contributed by atoms with Crippen LogP contribution in [0.15, 0.2) is 10.2 Å². The van der Waals surface area contributed by atoms with Gasteiger partial charge in [0.25, 0.3) is 0 Å². The second-order valence-corrected chi connectivity index (χ2v) is 0.740. The molecular weight excluding hydrogens is 96.1 g/mol. The minimum absolute atomic E-state index is 0.567. The lowest BCUT2D eigenvalue weighted by Crippen LogP contribution is -2.32. The van der Waals surface area contributed by atoms with Gasteiger partial charge in [-0.15, -0.1) is 10.2 Å². The Balaban J connectivity index is 3.25. The van der Waals surface area contributed by atoms with Gasteiger partial charge in [-0.2, -0.15) is 5.23 Å². The highest BCUT2D eigenvalue weighted by Crippen LogP contribution is 1.59. The lowest BCUT2D eigenvalue weighted by atomic mass is 11.4. The van der Waals surface area contributed by atoms with E-state index < -0.39 is 0 Å². The number of nitrogens with two attached hydrogens (primary N) is 2. The van der Waals surface area contributed by atoms with Crippen molar-refractivity contribution in [3.05, 3.63) is 0 Å². The Hall–Kier alpha value is -1.01. The van der Waals surface area contributed by atoms with Crippen molar-refractivity contribution in [3.8, 4) is 0 Å². The normalized spacial score (nSPS) is 9.43. The summed E-state index contributed by atoms with van der Waals surface area (Å²) in [5.74, 6) is 9.50. The van der Waals surface area contributed by atoms with Gasteiger partial charge in [0.2, 0.25) is 0 Å². The van der Waals surface area contributed by atoms with Crippen LogP contribution in [0, 0.1) is 5.53 Å². The molecule has 5 N–H and O–H groups in total. The van der Waals surface area contributed by atoms with E-state index in [1.54, 1.807) is 0 Å². The maximum absolute atomic E-state index is 6.13. The van der Waals surface area contributed by atoms with E-state index >= 15 is 0 Å². The second kappa shape index (κ2) is 3.19. The molecule has 0 aromatic rings. The first-order chi connectivity index (χ1) is 3.27. The maximum atomic E-state index is 6.13. The van der Waals surface area contributed by atoms with Crippen LogP contribution >= 0.6 is 0 Å². The zero-order chi connectivity index (χ0) is 5.70. The maximum Gasteiger partial charge on any atom is 0.160 e. The third kappa shape index (κ3) is 4.99. The summed E-state index contributed by atoms with van der Waals surface area (Å²) in [6.45, 7) is 0. The lowest BCUT2D eigenvalue weighted by molar-refractivity contribution is 0.313. The minimum Gasteiger partial charge on any atom is -0.216 e. The second-order valence-electron chi connectivity index (χ2n) is 0.740. The summed E-state index contributed by atoms with van der Waals surface area (Å²) in [6, 6.07) is 0. The summed E-state index contributed by atoms with van der Waals surface area (Å²) in [7, 11) is 0. The SMILES string of the molecule is N=NC=NN(N)N. The van der Waals surface area contributed by atoms with Gasteiger partial charge in [-0.1, -0.05) is 0 Å². The molecule has 6 nitrogen and oxygen atoms in total. The largest absolute Gasteiger partial charge is 0.216 e. The van der Waals surface area contributed by atoms with Gasteiger partial charge in [0.05, 0.1) is 0 Å².